The van der Waals surface area contributed by atoms with Crippen LogP contribution in [0.5, 0.6) is 0 Å². The summed E-state index contributed by atoms with van der Waals surface area (Å²) in [7, 11) is -3.36. The van der Waals surface area contributed by atoms with E-state index in [2.05, 4.69) is 25.6 Å². The van der Waals surface area contributed by atoms with Gasteiger partial charge in [-0.2, -0.15) is 4.98 Å². The zero-order chi connectivity index (χ0) is 19.4. The van der Waals surface area contributed by atoms with Crippen molar-refractivity contribution in [1.29, 1.82) is 0 Å². The van der Waals surface area contributed by atoms with E-state index in [-0.39, 0.29) is 21.7 Å². The zero-order valence-corrected chi connectivity index (χ0v) is 15.5. The second-order valence-electron chi connectivity index (χ2n) is 5.96. The fraction of sp³-hybridized carbons (Fsp3) is 0.235. The summed E-state index contributed by atoms with van der Waals surface area (Å²) in [5.74, 6) is 0.631. The van der Waals surface area contributed by atoms with E-state index in [4.69, 9.17) is 5.73 Å². The van der Waals surface area contributed by atoms with E-state index in [1.807, 2.05) is 0 Å². The molecule has 5 N–H and O–H groups in total. The molecule has 0 radical (unpaired) electrons. The number of benzene rings is 1. The van der Waals surface area contributed by atoms with Crippen LogP contribution in [0.2, 0.25) is 0 Å². The lowest BCUT2D eigenvalue weighted by Gasteiger charge is -2.12. The number of fused-ring (bicyclic) bond motifs is 1. The molecule has 0 bridgehead atoms. The summed E-state index contributed by atoms with van der Waals surface area (Å²) in [6.07, 6.45) is 3.39. The van der Waals surface area contributed by atoms with E-state index in [0.29, 0.717) is 30.2 Å². The monoisotopic (exact) mass is 388 g/mol. The van der Waals surface area contributed by atoms with Crippen LogP contribution in [-0.2, 0) is 9.84 Å². The number of pyridine rings is 1. The largest absolute Gasteiger partial charge is 0.354 e. The highest BCUT2D eigenvalue weighted by Gasteiger charge is 2.13. The molecule has 0 aliphatic carbocycles. The lowest BCUT2D eigenvalue weighted by atomic mass is 10.2. The van der Waals surface area contributed by atoms with E-state index in [9.17, 15) is 13.2 Å². The van der Waals surface area contributed by atoms with Crippen LogP contribution in [-0.4, -0.2) is 42.7 Å². The summed E-state index contributed by atoms with van der Waals surface area (Å²) in [4.78, 5) is 23.8. The van der Waals surface area contributed by atoms with Gasteiger partial charge < -0.3 is 21.4 Å². The van der Waals surface area contributed by atoms with Crippen LogP contribution < -0.4 is 21.9 Å². The number of rotatable bonds is 7. The molecule has 0 aliphatic rings. The van der Waals surface area contributed by atoms with E-state index in [1.165, 1.54) is 18.3 Å². The van der Waals surface area contributed by atoms with Gasteiger partial charge in [-0.3, -0.25) is 4.79 Å². The third-order valence-corrected chi connectivity index (χ3v) is 4.92. The molecule has 2 heterocycles. The Hall–Kier alpha value is -2.98. The second-order valence-corrected chi connectivity index (χ2v) is 7.97. The van der Waals surface area contributed by atoms with Crippen molar-refractivity contribution in [3.05, 3.63) is 46.9 Å². The maximum Gasteiger partial charge on any atom is 0.261 e. The average Bonchev–Trinajstić information content (AvgIpc) is 2.61. The highest BCUT2D eigenvalue weighted by Crippen LogP contribution is 2.24. The van der Waals surface area contributed by atoms with Crippen LogP contribution in [0.25, 0.3) is 10.9 Å². The SMILES string of the molecule is CS(=O)(=O)c1cccc(Nc2nc(NCCCN)nc3cc[nH]c(=O)c23)c1. The number of sulfone groups is 1. The Balaban J connectivity index is 2.05. The minimum Gasteiger partial charge on any atom is -0.354 e. The van der Waals surface area contributed by atoms with Crippen LogP contribution in [0.4, 0.5) is 17.5 Å². The van der Waals surface area contributed by atoms with Crippen LogP contribution in [0, 0.1) is 0 Å². The third kappa shape index (κ3) is 4.41. The summed E-state index contributed by atoms with van der Waals surface area (Å²) in [6, 6.07) is 7.98. The molecule has 9 nitrogen and oxygen atoms in total. The van der Waals surface area contributed by atoms with Crippen molar-refractivity contribution < 1.29 is 8.42 Å². The number of nitrogens with zero attached hydrogens (tertiary/aromatic N) is 2. The Bertz CT molecular complexity index is 1130. The Kier molecular flexibility index (Phi) is 5.38. The number of anilines is 3. The Labute approximate surface area is 156 Å². The molecule has 0 amide bonds. The molecule has 0 saturated carbocycles. The Morgan fingerprint density at radius 3 is 2.78 bits per heavy atom. The molecule has 0 fully saturated rings. The number of hydrogen-bond acceptors (Lipinski definition) is 8. The highest BCUT2D eigenvalue weighted by atomic mass is 32.2. The molecule has 1 aromatic carbocycles. The van der Waals surface area contributed by atoms with E-state index < -0.39 is 9.84 Å². The molecule has 3 rings (SSSR count). The summed E-state index contributed by atoms with van der Waals surface area (Å²) in [6.45, 7) is 1.12. The number of nitrogens with two attached hydrogens (primary N) is 1. The van der Waals surface area contributed by atoms with Gasteiger partial charge in [-0.15, -0.1) is 0 Å². The first-order valence-corrected chi connectivity index (χ1v) is 10.2. The average molecular weight is 388 g/mol. The fourth-order valence-electron chi connectivity index (χ4n) is 2.50. The molecule has 0 atom stereocenters. The minimum absolute atomic E-state index is 0.168. The van der Waals surface area contributed by atoms with Gasteiger partial charge in [0, 0.05) is 24.7 Å². The molecular weight excluding hydrogens is 368 g/mol. The normalized spacial score (nSPS) is 11.5. The lowest BCUT2D eigenvalue weighted by Crippen LogP contribution is -2.14. The first-order valence-electron chi connectivity index (χ1n) is 8.29. The van der Waals surface area contributed by atoms with Crippen molar-refractivity contribution >= 4 is 38.2 Å². The quantitative estimate of drug-likeness (QED) is 0.443. The lowest BCUT2D eigenvalue weighted by molar-refractivity contribution is 0.602. The molecule has 142 valence electrons. The van der Waals surface area contributed by atoms with Gasteiger partial charge in [-0.05, 0) is 37.2 Å². The summed E-state index contributed by atoms with van der Waals surface area (Å²) < 4.78 is 23.6. The van der Waals surface area contributed by atoms with Crippen molar-refractivity contribution in [3.63, 3.8) is 0 Å². The molecule has 0 saturated heterocycles. The molecule has 0 spiro atoms. The second kappa shape index (κ2) is 7.72. The van der Waals surface area contributed by atoms with Crippen molar-refractivity contribution in [3.8, 4) is 0 Å². The van der Waals surface area contributed by atoms with Crippen LogP contribution in [0.15, 0.2) is 46.2 Å². The molecule has 0 aliphatic heterocycles. The molecule has 2 aromatic heterocycles. The van der Waals surface area contributed by atoms with Gasteiger partial charge in [-0.25, -0.2) is 13.4 Å². The first kappa shape index (κ1) is 18.8. The molecule has 0 unspecified atom stereocenters. The zero-order valence-electron chi connectivity index (χ0n) is 14.7. The van der Waals surface area contributed by atoms with Gasteiger partial charge in [0.15, 0.2) is 9.84 Å². The first-order chi connectivity index (χ1) is 12.9. The topological polar surface area (TPSA) is 143 Å². The summed E-state index contributed by atoms with van der Waals surface area (Å²) in [5.41, 5.74) is 6.11. The standard InChI is InChI=1S/C17H20N6O3S/c1-27(25,26)12-5-2-4-11(10-12)21-15-14-13(6-9-19-16(14)24)22-17(23-15)20-8-3-7-18/h2,4-6,9-10H,3,7-8,18H2,1H3,(H,19,24)(H2,20,21,22,23). The smallest absolute Gasteiger partial charge is 0.261 e. The van der Waals surface area contributed by atoms with Crippen molar-refractivity contribution in [2.45, 2.75) is 11.3 Å². The van der Waals surface area contributed by atoms with E-state index in [0.717, 1.165) is 12.7 Å². The van der Waals surface area contributed by atoms with E-state index in [1.54, 1.807) is 18.2 Å². The van der Waals surface area contributed by atoms with Gasteiger partial charge >= 0.3 is 0 Å². The van der Waals surface area contributed by atoms with Crippen molar-refractivity contribution in [2.75, 3.05) is 30.0 Å². The molecular formula is C17H20N6O3S. The predicted molar refractivity (Wildman–Crippen MR) is 105 cm³/mol. The Morgan fingerprint density at radius 1 is 1.22 bits per heavy atom. The van der Waals surface area contributed by atoms with Crippen LogP contribution in [0.3, 0.4) is 0 Å². The number of aromatic amines is 1. The summed E-state index contributed by atoms with van der Waals surface area (Å²) in [5, 5.41) is 6.38. The van der Waals surface area contributed by atoms with Gasteiger partial charge in [0.05, 0.1) is 10.4 Å². The van der Waals surface area contributed by atoms with Gasteiger partial charge in [0.25, 0.3) is 5.56 Å². The van der Waals surface area contributed by atoms with Crippen molar-refractivity contribution in [1.82, 2.24) is 15.0 Å². The fourth-order valence-corrected chi connectivity index (χ4v) is 3.17. The summed E-state index contributed by atoms with van der Waals surface area (Å²) >= 11 is 0. The highest BCUT2D eigenvalue weighted by molar-refractivity contribution is 7.90. The maximum absolute atomic E-state index is 12.3. The molecule has 10 heteroatoms. The predicted octanol–water partition coefficient (Wildman–Crippen LogP) is 1.23. The number of hydrogen-bond donors (Lipinski definition) is 4. The number of H-pyrrole nitrogens is 1. The molecule has 3 aromatic rings. The van der Waals surface area contributed by atoms with Gasteiger partial charge in [0.2, 0.25) is 5.95 Å². The van der Waals surface area contributed by atoms with Gasteiger partial charge in [-0.1, -0.05) is 6.07 Å². The molecule has 27 heavy (non-hydrogen) atoms. The third-order valence-electron chi connectivity index (χ3n) is 3.81. The van der Waals surface area contributed by atoms with Crippen molar-refractivity contribution in [2.24, 2.45) is 5.73 Å². The Morgan fingerprint density at radius 2 is 2.04 bits per heavy atom. The maximum atomic E-state index is 12.3. The van der Waals surface area contributed by atoms with Crippen LogP contribution in [0.1, 0.15) is 6.42 Å². The van der Waals surface area contributed by atoms with Gasteiger partial charge in [0.1, 0.15) is 11.2 Å². The number of aromatic nitrogens is 3. The minimum atomic E-state index is -3.36. The van der Waals surface area contributed by atoms with E-state index >= 15 is 0 Å². The van der Waals surface area contributed by atoms with Crippen LogP contribution >= 0.6 is 0 Å². The number of nitrogens with one attached hydrogen (secondary N) is 3.